The van der Waals surface area contributed by atoms with Crippen LogP contribution in [-0.2, 0) is 0 Å². The van der Waals surface area contributed by atoms with Crippen LogP contribution in [0.1, 0.15) is 73.1 Å². The summed E-state index contributed by atoms with van der Waals surface area (Å²) in [5.41, 5.74) is -1.15. The maximum atomic E-state index is 11.0. The quantitative estimate of drug-likeness (QED) is 0.762. The Labute approximate surface area is 130 Å². The third-order valence-electron chi connectivity index (χ3n) is 6.82. The van der Waals surface area contributed by atoms with Gasteiger partial charge in [-0.1, -0.05) is 33.3 Å². The van der Waals surface area contributed by atoms with E-state index in [4.69, 9.17) is 0 Å². The zero-order chi connectivity index (χ0) is 16.1. The molecular formula is C19H34O2. The first-order valence-corrected chi connectivity index (χ1v) is 8.53. The molecule has 0 aromatic rings. The van der Waals surface area contributed by atoms with Crippen LogP contribution < -0.4 is 0 Å². The molecule has 0 spiro atoms. The first kappa shape index (κ1) is 17.0. The maximum Gasteiger partial charge on any atom is 0.0801 e. The van der Waals surface area contributed by atoms with Crippen molar-refractivity contribution >= 4 is 0 Å². The van der Waals surface area contributed by atoms with Crippen molar-refractivity contribution in [3.05, 3.63) is 12.7 Å². The molecule has 0 amide bonds. The van der Waals surface area contributed by atoms with Crippen molar-refractivity contribution in [1.29, 1.82) is 0 Å². The molecule has 122 valence electrons. The molecule has 2 fully saturated rings. The Bertz CT molecular complexity index is 408. The van der Waals surface area contributed by atoms with Gasteiger partial charge in [0.05, 0.1) is 11.2 Å². The van der Waals surface area contributed by atoms with Crippen LogP contribution in [0, 0.1) is 22.7 Å². The van der Waals surface area contributed by atoms with Gasteiger partial charge in [0.15, 0.2) is 0 Å². The number of hydrogen-bond donors (Lipinski definition) is 2. The number of aliphatic hydroxyl groups is 2. The maximum absolute atomic E-state index is 11.0. The van der Waals surface area contributed by atoms with Crippen LogP contribution in [0.25, 0.3) is 0 Å². The van der Waals surface area contributed by atoms with Gasteiger partial charge in [-0.3, -0.25) is 0 Å². The molecule has 0 unspecified atom stereocenters. The van der Waals surface area contributed by atoms with Crippen LogP contribution in [0.2, 0.25) is 0 Å². The van der Waals surface area contributed by atoms with E-state index in [1.807, 2.05) is 13.8 Å². The molecule has 0 aliphatic heterocycles. The molecular weight excluding hydrogens is 260 g/mol. The van der Waals surface area contributed by atoms with Crippen molar-refractivity contribution in [1.82, 2.24) is 0 Å². The third kappa shape index (κ3) is 2.94. The lowest BCUT2D eigenvalue weighted by Gasteiger charge is -2.62. The summed E-state index contributed by atoms with van der Waals surface area (Å²) in [6.07, 6.45) is 7.84. The normalized spacial score (nSPS) is 45.5. The number of fused-ring (bicyclic) bond motifs is 1. The summed E-state index contributed by atoms with van der Waals surface area (Å²) < 4.78 is 0. The lowest BCUT2D eigenvalue weighted by molar-refractivity contribution is -0.180. The van der Waals surface area contributed by atoms with Gasteiger partial charge in [0.25, 0.3) is 0 Å². The van der Waals surface area contributed by atoms with E-state index in [1.54, 1.807) is 6.08 Å². The zero-order valence-corrected chi connectivity index (χ0v) is 14.6. The van der Waals surface area contributed by atoms with Crippen LogP contribution in [0.4, 0.5) is 0 Å². The Morgan fingerprint density at radius 3 is 2.38 bits per heavy atom. The number of hydrogen-bond acceptors (Lipinski definition) is 2. The van der Waals surface area contributed by atoms with Gasteiger partial charge in [-0.2, -0.15) is 0 Å². The van der Waals surface area contributed by atoms with Gasteiger partial charge in [-0.15, -0.1) is 6.58 Å². The third-order valence-corrected chi connectivity index (χ3v) is 6.82. The molecule has 0 radical (unpaired) electrons. The zero-order valence-electron chi connectivity index (χ0n) is 14.6. The fourth-order valence-corrected chi connectivity index (χ4v) is 5.57. The Morgan fingerprint density at radius 1 is 1.19 bits per heavy atom. The van der Waals surface area contributed by atoms with Gasteiger partial charge in [-0.25, -0.2) is 0 Å². The van der Waals surface area contributed by atoms with E-state index in [9.17, 15) is 10.2 Å². The van der Waals surface area contributed by atoms with E-state index in [2.05, 4.69) is 27.4 Å². The summed E-state index contributed by atoms with van der Waals surface area (Å²) in [5, 5.41) is 21.5. The van der Waals surface area contributed by atoms with Crippen molar-refractivity contribution in [3.63, 3.8) is 0 Å². The summed E-state index contributed by atoms with van der Waals surface area (Å²) in [4.78, 5) is 0. The summed E-state index contributed by atoms with van der Waals surface area (Å²) in [6, 6.07) is 0. The second kappa shape index (κ2) is 5.09. The lowest BCUT2D eigenvalue weighted by Crippen LogP contribution is -2.58. The minimum atomic E-state index is -0.902. The van der Waals surface area contributed by atoms with Crippen molar-refractivity contribution in [2.75, 3.05) is 0 Å². The van der Waals surface area contributed by atoms with Crippen molar-refractivity contribution in [2.24, 2.45) is 22.7 Å². The van der Waals surface area contributed by atoms with Crippen LogP contribution in [0.15, 0.2) is 12.7 Å². The Hall–Kier alpha value is -0.340. The van der Waals surface area contributed by atoms with Crippen LogP contribution >= 0.6 is 0 Å². The van der Waals surface area contributed by atoms with E-state index < -0.39 is 11.2 Å². The van der Waals surface area contributed by atoms with E-state index in [0.717, 1.165) is 19.3 Å². The van der Waals surface area contributed by atoms with Gasteiger partial charge in [0.1, 0.15) is 0 Å². The largest absolute Gasteiger partial charge is 0.390 e. The molecule has 0 heterocycles. The first-order chi connectivity index (χ1) is 9.45. The van der Waals surface area contributed by atoms with Crippen LogP contribution in [0.5, 0.6) is 0 Å². The fraction of sp³-hybridized carbons (Fsp3) is 0.895. The molecule has 0 saturated heterocycles. The summed E-state index contributed by atoms with van der Waals surface area (Å²) in [5.74, 6) is 0.751. The standard InChI is InChI=1S/C19H34O2/c1-7-17(4,20)13-15-18(5)11-8-10-16(2,3)14(18)9-12-19(15,6)21/h7,14-15,20-21H,1,8-13H2,2-6H3/t14-,15+,17+,18-,19+/m0/s1. The molecule has 0 aromatic heterocycles. The molecule has 5 atom stereocenters. The van der Waals surface area contributed by atoms with Gasteiger partial charge >= 0.3 is 0 Å². The summed E-state index contributed by atoms with van der Waals surface area (Å²) >= 11 is 0. The molecule has 0 bridgehead atoms. The highest BCUT2D eigenvalue weighted by Crippen LogP contribution is 2.63. The minimum absolute atomic E-state index is 0.108. The minimum Gasteiger partial charge on any atom is -0.390 e. The van der Waals surface area contributed by atoms with Crippen molar-refractivity contribution in [2.45, 2.75) is 84.3 Å². The van der Waals surface area contributed by atoms with E-state index in [0.29, 0.717) is 17.8 Å². The molecule has 2 rings (SSSR count). The molecule has 2 N–H and O–H groups in total. The first-order valence-electron chi connectivity index (χ1n) is 8.53. The Morgan fingerprint density at radius 2 is 1.81 bits per heavy atom. The smallest absolute Gasteiger partial charge is 0.0801 e. The SMILES string of the molecule is C=C[C@@](C)(O)C[C@@H]1[C@@]2(C)CCCC(C)(C)[C@@H]2CC[C@@]1(C)O. The molecule has 2 nitrogen and oxygen atoms in total. The van der Waals surface area contributed by atoms with Gasteiger partial charge < -0.3 is 10.2 Å². The van der Waals surface area contributed by atoms with Gasteiger partial charge in [-0.05, 0) is 68.6 Å². The Balaban J connectivity index is 2.39. The fourth-order valence-electron chi connectivity index (χ4n) is 5.57. The van der Waals surface area contributed by atoms with Crippen molar-refractivity contribution < 1.29 is 10.2 Å². The second-order valence-corrected chi connectivity index (χ2v) is 9.11. The van der Waals surface area contributed by atoms with E-state index in [-0.39, 0.29) is 11.3 Å². The van der Waals surface area contributed by atoms with Crippen molar-refractivity contribution in [3.8, 4) is 0 Å². The summed E-state index contributed by atoms with van der Waals surface area (Å²) in [7, 11) is 0. The predicted molar refractivity (Wildman–Crippen MR) is 88.0 cm³/mol. The average Bonchev–Trinajstić information content (AvgIpc) is 2.33. The highest BCUT2D eigenvalue weighted by Gasteiger charge is 2.58. The highest BCUT2D eigenvalue weighted by atomic mass is 16.3. The molecule has 2 heteroatoms. The average molecular weight is 294 g/mol. The molecule has 2 saturated carbocycles. The highest BCUT2D eigenvalue weighted by molar-refractivity contribution is 5.10. The van der Waals surface area contributed by atoms with Crippen LogP contribution in [-0.4, -0.2) is 21.4 Å². The monoisotopic (exact) mass is 294 g/mol. The molecule has 2 aliphatic rings. The van der Waals surface area contributed by atoms with E-state index >= 15 is 0 Å². The van der Waals surface area contributed by atoms with Crippen LogP contribution in [0.3, 0.4) is 0 Å². The summed E-state index contributed by atoms with van der Waals surface area (Å²) in [6.45, 7) is 14.7. The molecule has 2 aliphatic carbocycles. The predicted octanol–water partition coefficient (Wildman–Crippen LogP) is 4.31. The topological polar surface area (TPSA) is 40.5 Å². The lowest BCUT2D eigenvalue weighted by atomic mass is 9.44. The Kier molecular flexibility index (Phi) is 4.13. The second-order valence-electron chi connectivity index (χ2n) is 9.11. The number of rotatable bonds is 3. The van der Waals surface area contributed by atoms with Gasteiger partial charge in [0, 0.05) is 0 Å². The van der Waals surface area contributed by atoms with Gasteiger partial charge in [0.2, 0.25) is 0 Å². The van der Waals surface area contributed by atoms with E-state index in [1.165, 1.54) is 12.8 Å². The molecule has 21 heavy (non-hydrogen) atoms. The molecule has 0 aromatic carbocycles.